The molecule has 0 radical (unpaired) electrons. The Balaban J connectivity index is 1.70. The van der Waals surface area contributed by atoms with E-state index in [9.17, 15) is 46.2 Å². The normalized spacial score (nSPS) is 12.1. The number of carbonyl (C=O) groups is 2. The number of carboxylic acid groups (broad SMARTS) is 2. The Kier molecular flexibility index (Phi) is 7.42. The third-order valence-corrected chi connectivity index (χ3v) is 7.47. The molecule has 18 heteroatoms. The Morgan fingerprint density at radius 2 is 1.12 bits per heavy atom. The number of carboxylic acids is 2. The summed E-state index contributed by atoms with van der Waals surface area (Å²) in [5.74, 6) is -3.04. The largest absolute Gasteiger partial charge is 0.477 e. The van der Waals surface area contributed by atoms with Gasteiger partial charge in [0.05, 0.1) is 32.3 Å². The van der Waals surface area contributed by atoms with E-state index in [0.29, 0.717) is 0 Å². The first-order chi connectivity index (χ1) is 19.1. The fourth-order valence-electron chi connectivity index (χ4n) is 3.80. The SMILES string of the molecule is O=C(O)c1[nH]n(-c2ccc(S(=O)(=O)O)cc2)c(=O)c1C=CCc1c(C(=O)O)[nH]n(-c2ccc(S(=O)(=O)O)cc2)c1=O. The smallest absolute Gasteiger partial charge is 0.354 e. The summed E-state index contributed by atoms with van der Waals surface area (Å²) in [5.41, 5.74) is -3.37. The molecule has 214 valence electrons. The molecule has 0 amide bonds. The van der Waals surface area contributed by atoms with Gasteiger partial charge >= 0.3 is 11.9 Å². The van der Waals surface area contributed by atoms with Crippen molar-refractivity contribution in [3.63, 3.8) is 0 Å². The van der Waals surface area contributed by atoms with Gasteiger partial charge in [-0.3, -0.25) is 28.9 Å². The van der Waals surface area contributed by atoms with Crippen molar-refractivity contribution in [2.45, 2.75) is 16.2 Å². The molecule has 0 fully saturated rings. The van der Waals surface area contributed by atoms with Crippen LogP contribution in [0.1, 0.15) is 32.1 Å². The number of rotatable bonds is 9. The molecule has 0 saturated carbocycles. The van der Waals surface area contributed by atoms with Gasteiger partial charge in [-0.25, -0.2) is 19.0 Å². The fourth-order valence-corrected chi connectivity index (χ4v) is 4.76. The highest BCUT2D eigenvalue weighted by atomic mass is 32.2. The summed E-state index contributed by atoms with van der Waals surface area (Å²) in [5, 5.41) is 23.9. The van der Waals surface area contributed by atoms with E-state index in [1.165, 1.54) is 6.08 Å². The van der Waals surface area contributed by atoms with Crippen LogP contribution in [0, 0.1) is 0 Å². The number of H-pyrrole nitrogens is 2. The van der Waals surface area contributed by atoms with Gasteiger partial charge in [0.15, 0.2) is 5.69 Å². The van der Waals surface area contributed by atoms with Crippen LogP contribution >= 0.6 is 0 Å². The third-order valence-electron chi connectivity index (χ3n) is 5.73. The number of aromatic nitrogens is 4. The van der Waals surface area contributed by atoms with Crippen LogP contribution < -0.4 is 11.1 Å². The second-order valence-corrected chi connectivity index (χ2v) is 11.1. The lowest BCUT2D eigenvalue weighted by Gasteiger charge is -2.02. The van der Waals surface area contributed by atoms with Gasteiger partial charge in [-0.05, 0) is 55.0 Å². The van der Waals surface area contributed by atoms with E-state index in [2.05, 4.69) is 10.2 Å². The van der Waals surface area contributed by atoms with Gasteiger partial charge in [-0.1, -0.05) is 12.2 Å². The Bertz CT molecular complexity index is 2050. The van der Waals surface area contributed by atoms with Crippen LogP contribution in [0.15, 0.2) is 74.0 Å². The molecule has 16 nitrogen and oxygen atoms in total. The van der Waals surface area contributed by atoms with E-state index < -0.39 is 64.5 Å². The summed E-state index contributed by atoms with van der Waals surface area (Å²) in [4.78, 5) is 48.6. The van der Waals surface area contributed by atoms with E-state index in [0.717, 1.165) is 64.0 Å². The van der Waals surface area contributed by atoms with Crippen molar-refractivity contribution in [1.29, 1.82) is 0 Å². The van der Waals surface area contributed by atoms with E-state index in [4.69, 9.17) is 9.11 Å². The van der Waals surface area contributed by atoms with Crippen LogP contribution in [0.4, 0.5) is 0 Å². The van der Waals surface area contributed by atoms with E-state index in [1.807, 2.05) is 0 Å². The summed E-state index contributed by atoms with van der Waals surface area (Å²) >= 11 is 0. The van der Waals surface area contributed by atoms with Crippen molar-refractivity contribution in [1.82, 2.24) is 19.6 Å². The van der Waals surface area contributed by atoms with E-state index in [-0.39, 0.29) is 28.9 Å². The molecule has 2 aromatic carbocycles. The zero-order valence-electron chi connectivity index (χ0n) is 20.2. The van der Waals surface area contributed by atoms with Crippen molar-refractivity contribution < 1.29 is 45.7 Å². The average molecular weight is 607 g/mol. The lowest BCUT2D eigenvalue weighted by atomic mass is 10.1. The summed E-state index contributed by atoms with van der Waals surface area (Å²) in [6, 6.07) is 8.57. The molecule has 2 heterocycles. The Labute approximate surface area is 228 Å². The first kappa shape index (κ1) is 29.0. The topological polar surface area (TPSA) is 259 Å². The predicted molar refractivity (Wildman–Crippen MR) is 139 cm³/mol. The number of benzene rings is 2. The highest BCUT2D eigenvalue weighted by Crippen LogP contribution is 2.16. The number of aromatic amines is 2. The maximum atomic E-state index is 13.0. The Morgan fingerprint density at radius 1 is 0.707 bits per heavy atom. The summed E-state index contributed by atoms with van der Waals surface area (Å²) in [6.45, 7) is 0. The standard InChI is InChI=1S/C23H18N4O12S2/c28-20-16(18(22(30)31)24-26(20)12-4-8-14(9-5-12)40(34,35)36)2-1-3-17-19(23(32)33)25-27(21(17)29)13-6-10-15(11-7-13)41(37,38)39/h1-2,4-11,24-25H,3H2,(H,30,31)(H,32,33)(H,34,35,36)(H,37,38,39). The quantitative estimate of drug-likeness (QED) is 0.145. The van der Waals surface area contributed by atoms with Gasteiger partial charge in [0.25, 0.3) is 31.4 Å². The van der Waals surface area contributed by atoms with Gasteiger partial charge < -0.3 is 10.2 Å². The van der Waals surface area contributed by atoms with Gasteiger partial charge in [0.2, 0.25) is 0 Å². The van der Waals surface area contributed by atoms with Crippen molar-refractivity contribution in [3.8, 4) is 11.4 Å². The molecule has 0 unspecified atom stereocenters. The van der Waals surface area contributed by atoms with Gasteiger partial charge in [-0.2, -0.15) is 16.8 Å². The summed E-state index contributed by atoms with van der Waals surface area (Å²) in [6.07, 6.45) is 1.88. The van der Waals surface area contributed by atoms with Crippen LogP contribution in [0.5, 0.6) is 0 Å². The van der Waals surface area contributed by atoms with Crippen LogP contribution in [-0.2, 0) is 26.7 Å². The minimum Gasteiger partial charge on any atom is -0.477 e. The molecular formula is C23H18N4O12S2. The van der Waals surface area contributed by atoms with E-state index in [1.54, 1.807) is 0 Å². The molecule has 6 N–H and O–H groups in total. The summed E-state index contributed by atoms with van der Waals surface area (Å²) < 4.78 is 64.9. The van der Waals surface area contributed by atoms with Crippen LogP contribution in [0.3, 0.4) is 0 Å². The number of aromatic carboxylic acids is 2. The predicted octanol–water partition coefficient (Wildman–Crippen LogP) is 0.790. The second kappa shape index (κ2) is 10.5. The minimum absolute atomic E-state index is 0.0336. The zero-order valence-corrected chi connectivity index (χ0v) is 21.9. The van der Waals surface area contributed by atoms with Crippen LogP contribution in [0.25, 0.3) is 17.5 Å². The number of hydrogen-bond donors (Lipinski definition) is 6. The van der Waals surface area contributed by atoms with Crippen LogP contribution in [0.2, 0.25) is 0 Å². The fraction of sp³-hybridized carbons (Fsp3) is 0.0435. The maximum Gasteiger partial charge on any atom is 0.354 e. The number of nitrogens with zero attached hydrogens (tertiary/aromatic N) is 2. The van der Waals surface area contributed by atoms with Gasteiger partial charge in [0, 0.05) is 0 Å². The Hall–Kier alpha value is -5.04. The lowest BCUT2D eigenvalue weighted by molar-refractivity contribution is 0.0678. The molecule has 2 aromatic heterocycles. The van der Waals surface area contributed by atoms with Crippen molar-refractivity contribution in [3.05, 3.63) is 97.8 Å². The zero-order chi connectivity index (χ0) is 30.3. The minimum atomic E-state index is -4.51. The molecular weight excluding hydrogens is 588 g/mol. The molecule has 0 aliphatic rings. The first-order valence-corrected chi connectivity index (χ1v) is 14.0. The van der Waals surface area contributed by atoms with Gasteiger partial charge in [-0.15, -0.1) is 0 Å². The molecule has 4 aromatic rings. The molecule has 0 saturated heterocycles. The number of nitrogens with one attached hydrogen (secondary N) is 2. The van der Waals surface area contributed by atoms with Crippen molar-refractivity contribution in [2.24, 2.45) is 0 Å². The first-order valence-electron chi connectivity index (χ1n) is 11.1. The van der Waals surface area contributed by atoms with Gasteiger partial charge in [0.1, 0.15) is 5.69 Å². The monoisotopic (exact) mass is 606 g/mol. The molecule has 0 spiro atoms. The van der Waals surface area contributed by atoms with Crippen molar-refractivity contribution >= 4 is 38.3 Å². The Morgan fingerprint density at radius 3 is 1.54 bits per heavy atom. The molecule has 0 bridgehead atoms. The summed E-state index contributed by atoms with van der Waals surface area (Å²) in [7, 11) is -9.02. The number of allylic oxidation sites excluding steroid dienone is 1. The maximum absolute atomic E-state index is 13.0. The van der Waals surface area contributed by atoms with Crippen LogP contribution in [-0.4, -0.2) is 67.7 Å². The third kappa shape index (κ3) is 5.79. The molecule has 0 aliphatic carbocycles. The highest BCUT2D eigenvalue weighted by molar-refractivity contribution is 7.86. The average Bonchev–Trinajstić information content (AvgIpc) is 3.40. The lowest BCUT2D eigenvalue weighted by Crippen LogP contribution is -2.17. The number of hydrogen-bond acceptors (Lipinski definition) is 8. The molecule has 41 heavy (non-hydrogen) atoms. The second-order valence-electron chi connectivity index (χ2n) is 8.30. The molecule has 4 rings (SSSR count). The molecule has 0 aliphatic heterocycles. The molecule has 0 atom stereocenters. The van der Waals surface area contributed by atoms with E-state index >= 15 is 0 Å². The van der Waals surface area contributed by atoms with Crippen molar-refractivity contribution in [2.75, 3.05) is 0 Å². The highest BCUT2D eigenvalue weighted by Gasteiger charge is 2.22.